The molecule has 3 nitrogen and oxygen atoms in total. The molecule has 1 fully saturated rings. The molecule has 4 rings (SSSR count). The number of benzene rings is 2. The highest BCUT2D eigenvalue weighted by Gasteiger charge is 2.29. The van der Waals surface area contributed by atoms with Gasteiger partial charge >= 0.3 is 0 Å². The third-order valence-electron chi connectivity index (χ3n) is 4.57. The molecule has 0 saturated carbocycles. The highest BCUT2D eigenvalue weighted by Crippen LogP contribution is 2.30. The summed E-state index contributed by atoms with van der Waals surface area (Å²) in [7, 11) is 0. The Morgan fingerprint density at radius 2 is 1.91 bits per heavy atom. The number of fused-ring (bicyclic) bond motifs is 1. The third kappa shape index (κ3) is 2.50. The smallest absolute Gasteiger partial charge is 0.256 e. The van der Waals surface area contributed by atoms with Gasteiger partial charge in [-0.15, -0.1) is 0 Å². The summed E-state index contributed by atoms with van der Waals surface area (Å²) in [6.07, 6.45) is 0.896. The topological polar surface area (TPSA) is 36.1 Å². The Labute approximate surface area is 133 Å². The molecule has 1 unspecified atom stereocenters. The Morgan fingerprint density at radius 3 is 2.74 bits per heavy atom. The molecule has 0 spiro atoms. The largest absolute Gasteiger partial charge is 0.358 e. The number of hydrogen-bond acceptors (Lipinski definition) is 1. The molecule has 1 amide bonds. The Bertz CT molecular complexity index is 837. The Kier molecular flexibility index (Phi) is 3.37. The second kappa shape index (κ2) is 5.54. The van der Waals surface area contributed by atoms with E-state index in [9.17, 15) is 9.18 Å². The fraction of sp³-hybridized carbons (Fsp3) is 0.211. The second-order valence-corrected chi connectivity index (χ2v) is 6.03. The number of aromatic amines is 1. The molecule has 1 N–H and O–H groups in total. The quantitative estimate of drug-likeness (QED) is 0.765. The maximum Gasteiger partial charge on any atom is 0.256 e. The fourth-order valence-electron chi connectivity index (χ4n) is 3.32. The predicted molar refractivity (Wildman–Crippen MR) is 88.0 cm³/mol. The van der Waals surface area contributed by atoms with E-state index in [0.29, 0.717) is 13.1 Å². The molecule has 116 valence electrons. The molecule has 1 aliphatic rings. The fourth-order valence-corrected chi connectivity index (χ4v) is 3.32. The van der Waals surface area contributed by atoms with Crippen LogP contribution in [0.1, 0.15) is 28.4 Å². The first kappa shape index (κ1) is 14.0. The van der Waals surface area contributed by atoms with Crippen molar-refractivity contribution in [2.75, 3.05) is 13.1 Å². The van der Waals surface area contributed by atoms with E-state index in [1.807, 2.05) is 12.1 Å². The normalized spacial score (nSPS) is 17.8. The van der Waals surface area contributed by atoms with Crippen LogP contribution in [0.5, 0.6) is 0 Å². The van der Waals surface area contributed by atoms with Gasteiger partial charge in [0.1, 0.15) is 5.82 Å². The van der Waals surface area contributed by atoms with Gasteiger partial charge in [0.25, 0.3) is 5.91 Å². The van der Waals surface area contributed by atoms with Gasteiger partial charge in [0.15, 0.2) is 0 Å². The van der Waals surface area contributed by atoms with E-state index in [1.54, 1.807) is 23.1 Å². The van der Waals surface area contributed by atoms with Gasteiger partial charge in [-0.05, 0) is 36.1 Å². The first-order valence-corrected chi connectivity index (χ1v) is 7.84. The SMILES string of the molecule is O=C(c1ccccc1F)N1CCC(c2cc3ccccc3[nH]2)C1. The van der Waals surface area contributed by atoms with E-state index in [4.69, 9.17) is 0 Å². The Hall–Kier alpha value is -2.62. The van der Waals surface area contributed by atoms with Crippen LogP contribution in [-0.2, 0) is 0 Å². The summed E-state index contributed by atoms with van der Waals surface area (Å²) in [5.41, 5.74) is 2.42. The molecular weight excluding hydrogens is 291 g/mol. The Morgan fingerprint density at radius 1 is 1.13 bits per heavy atom. The number of aromatic nitrogens is 1. The van der Waals surface area contributed by atoms with Crippen molar-refractivity contribution < 1.29 is 9.18 Å². The van der Waals surface area contributed by atoms with Crippen molar-refractivity contribution in [3.05, 3.63) is 71.7 Å². The number of carbonyl (C=O) groups excluding carboxylic acids is 1. The van der Waals surface area contributed by atoms with E-state index in [0.717, 1.165) is 17.6 Å². The molecule has 1 saturated heterocycles. The first-order valence-electron chi connectivity index (χ1n) is 7.84. The maximum absolute atomic E-state index is 13.8. The summed E-state index contributed by atoms with van der Waals surface area (Å²) in [6, 6.07) is 16.5. The molecule has 3 aromatic rings. The van der Waals surface area contributed by atoms with Crippen molar-refractivity contribution in [2.45, 2.75) is 12.3 Å². The summed E-state index contributed by atoms with van der Waals surface area (Å²) in [4.78, 5) is 17.7. The summed E-state index contributed by atoms with van der Waals surface area (Å²) >= 11 is 0. The van der Waals surface area contributed by atoms with Crippen LogP contribution in [0, 0.1) is 5.82 Å². The molecule has 0 aliphatic carbocycles. The molecule has 0 radical (unpaired) electrons. The maximum atomic E-state index is 13.8. The molecule has 2 aromatic carbocycles. The number of halogens is 1. The van der Waals surface area contributed by atoms with E-state index in [-0.39, 0.29) is 17.4 Å². The molecule has 0 bridgehead atoms. The van der Waals surface area contributed by atoms with Crippen molar-refractivity contribution >= 4 is 16.8 Å². The number of rotatable bonds is 2. The van der Waals surface area contributed by atoms with Crippen LogP contribution in [0.15, 0.2) is 54.6 Å². The third-order valence-corrected chi connectivity index (χ3v) is 4.57. The highest BCUT2D eigenvalue weighted by molar-refractivity contribution is 5.94. The van der Waals surface area contributed by atoms with Gasteiger partial charge in [-0.2, -0.15) is 0 Å². The summed E-state index contributed by atoms with van der Waals surface area (Å²) in [5.74, 6) is -0.397. The summed E-state index contributed by atoms with van der Waals surface area (Å²) in [6.45, 7) is 1.28. The molecule has 4 heteroatoms. The van der Waals surface area contributed by atoms with Crippen molar-refractivity contribution in [1.82, 2.24) is 9.88 Å². The molecular formula is C19H17FN2O. The minimum absolute atomic E-state index is 0.157. The zero-order valence-electron chi connectivity index (χ0n) is 12.6. The lowest BCUT2D eigenvalue weighted by atomic mass is 10.1. The lowest BCUT2D eigenvalue weighted by molar-refractivity contribution is 0.0786. The van der Waals surface area contributed by atoms with Gasteiger partial charge < -0.3 is 9.88 Å². The minimum Gasteiger partial charge on any atom is -0.358 e. The van der Waals surface area contributed by atoms with E-state index in [2.05, 4.69) is 23.2 Å². The Balaban J connectivity index is 1.55. The number of amides is 1. The van der Waals surface area contributed by atoms with Crippen molar-refractivity contribution in [3.8, 4) is 0 Å². The molecule has 23 heavy (non-hydrogen) atoms. The van der Waals surface area contributed by atoms with Gasteiger partial charge in [-0.25, -0.2) is 4.39 Å². The van der Waals surface area contributed by atoms with Crippen LogP contribution in [0.2, 0.25) is 0 Å². The summed E-state index contributed by atoms with van der Waals surface area (Å²) < 4.78 is 13.8. The predicted octanol–water partition coefficient (Wildman–Crippen LogP) is 3.94. The minimum atomic E-state index is -0.452. The van der Waals surface area contributed by atoms with Gasteiger partial charge in [0, 0.05) is 30.2 Å². The van der Waals surface area contributed by atoms with Gasteiger partial charge in [0.05, 0.1) is 5.56 Å². The van der Waals surface area contributed by atoms with Crippen molar-refractivity contribution in [3.63, 3.8) is 0 Å². The monoisotopic (exact) mass is 308 g/mol. The van der Waals surface area contributed by atoms with E-state index in [1.165, 1.54) is 11.5 Å². The first-order chi connectivity index (χ1) is 11.2. The molecule has 1 aliphatic heterocycles. The standard InChI is InChI=1S/C19H17FN2O/c20-16-7-3-2-6-15(16)19(23)22-10-9-14(12-22)18-11-13-5-1-4-8-17(13)21-18/h1-8,11,14,21H,9-10,12H2. The van der Waals surface area contributed by atoms with E-state index < -0.39 is 5.82 Å². The van der Waals surface area contributed by atoms with Crippen LogP contribution >= 0.6 is 0 Å². The number of H-pyrrole nitrogens is 1. The van der Waals surface area contributed by atoms with E-state index >= 15 is 0 Å². The number of hydrogen-bond donors (Lipinski definition) is 1. The van der Waals surface area contributed by atoms with Gasteiger partial charge in [-0.3, -0.25) is 4.79 Å². The van der Waals surface area contributed by atoms with Crippen molar-refractivity contribution in [1.29, 1.82) is 0 Å². The second-order valence-electron chi connectivity index (χ2n) is 6.03. The number of nitrogens with zero attached hydrogens (tertiary/aromatic N) is 1. The number of likely N-dealkylation sites (tertiary alicyclic amines) is 1. The molecule has 1 atom stereocenters. The number of carbonyl (C=O) groups is 1. The number of nitrogens with one attached hydrogen (secondary N) is 1. The van der Waals surface area contributed by atoms with Crippen LogP contribution < -0.4 is 0 Å². The van der Waals surface area contributed by atoms with Crippen LogP contribution in [0.3, 0.4) is 0 Å². The highest BCUT2D eigenvalue weighted by atomic mass is 19.1. The molecule has 2 heterocycles. The van der Waals surface area contributed by atoms with Crippen LogP contribution in [-0.4, -0.2) is 28.9 Å². The van der Waals surface area contributed by atoms with Crippen LogP contribution in [0.4, 0.5) is 4.39 Å². The average Bonchev–Trinajstić information content (AvgIpc) is 3.21. The number of para-hydroxylation sites is 1. The zero-order chi connectivity index (χ0) is 15.8. The van der Waals surface area contributed by atoms with Gasteiger partial charge in [0.2, 0.25) is 0 Å². The summed E-state index contributed by atoms with van der Waals surface area (Å²) in [5, 5.41) is 1.18. The van der Waals surface area contributed by atoms with Crippen molar-refractivity contribution in [2.24, 2.45) is 0 Å². The average molecular weight is 308 g/mol. The lowest BCUT2D eigenvalue weighted by Crippen LogP contribution is -2.29. The lowest BCUT2D eigenvalue weighted by Gasteiger charge is -2.16. The van der Waals surface area contributed by atoms with Gasteiger partial charge in [-0.1, -0.05) is 30.3 Å². The zero-order valence-corrected chi connectivity index (χ0v) is 12.6. The molecule has 1 aromatic heterocycles. The van der Waals surface area contributed by atoms with Crippen LogP contribution in [0.25, 0.3) is 10.9 Å².